The Morgan fingerprint density at radius 3 is 2.41 bits per heavy atom. The predicted molar refractivity (Wildman–Crippen MR) is 68.1 cm³/mol. The van der Waals surface area contributed by atoms with Crippen LogP contribution in [0.15, 0.2) is 0 Å². The van der Waals surface area contributed by atoms with Gasteiger partial charge in [0, 0.05) is 37.8 Å². The predicted octanol–water partition coefficient (Wildman–Crippen LogP) is 0.551. The molecule has 1 N–H and O–H groups in total. The first-order chi connectivity index (χ1) is 7.91. The highest BCUT2D eigenvalue weighted by Crippen LogP contribution is 2.29. The number of aliphatic hydroxyl groups is 1. The highest BCUT2D eigenvalue weighted by Gasteiger charge is 2.44. The van der Waals surface area contributed by atoms with Gasteiger partial charge in [-0.05, 0) is 27.7 Å². The molecule has 2 heterocycles. The van der Waals surface area contributed by atoms with Crippen LogP contribution < -0.4 is 0 Å². The van der Waals surface area contributed by atoms with Gasteiger partial charge in [0.2, 0.25) is 0 Å². The van der Waals surface area contributed by atoms with E-state index in [1.54, 1.807) is 0 Å². The van der Waals surface area contributed by atoms with Gasteiger partial charge in [0.25, 0.3) is 0 Å². The van der Waals surface area contributed by atoms with Crippen molar-refractivity contribution in [3.8, 4) is 0 Å². The maximum atomic E-state index is 9.43. The monoisotopic (exact) mass is 242 g/mol. The van der Waals surface area contributed by atoms with Crippen LogP contribution in [0.3, 0.4) is 0 Å². The molecule has 4 nitrogen and oxygen atoms in total. The molecular formula is C13H26N2O2. The van der Waals surface area contributed by atoms with E-state index >= 15 is 0 Å². The Bertz CT molecular complexity index is 262. The lowest BCUT2D eigenvalue weighted by Crippen LogP contribution is -2.67. The third-order valence-electron chi connectivity index (χ3n) is 4.29. The zero-order valence-corrected chi connectivity index (χ0v) is 11.5. The van der Waals surface area contributed by atoms with Crippen molar-refractivity contribution in [2.24, 2.45) is 0 Å². The van der Waals surface area contributed by atoms with Crippen LogP contribution in [0.1, 0.15) is 27.7 Å². The highest BCUT2D eigenvalue weighted by atomic mass is 16.5. The number of rotatable bonds is 3. The molecule has 0 amide bonds. The molecule has 1 unspecified atom stereocenters. The maximum absolute atomic E-state index is 9.43. The minimum Gasteiger partial charge on any atom is -0.390 e. The minimum atomic E-state index is -0.140. The van der Waals surface area contributed by atoms with Gasteiger partial charge in [0.05, 0.1) is 18.8 Å². The number of hydrogen-bond acceptors (Lipinski definition) is 4. The molecule has 0 aliphatic carbocycles. The lowest BCUT2D eigenvalue weighted by molar-refractivity contribution is -0.146. The third-order valence-corrected chi connectivity index (χ3v) is 4.29. The molecule has 0 bridgehead atoms. The fraction of sp³-hybridized carbons (Fsp3) is 1.00. The number of likely N-dealkylation sites (tertiary alicyclic amines) is 1. The summed E-state index contributed by atoms with van der Waals surface area (Å²) in [6, 6.07) is 0.583. The molecule has 4 heteroatoms. The van der Waals surface area contributed by atoms with Crippen LogP contribution in [0.5, 0.6) is 0 Å². The number of hydrogen-bond donors (Lipinski definition) is 1. The van der Waals surface area contributed by atoms with Crippen LogP contribution in [-0.4, -0.2) is 71.5 Å². The summed E-state index contributed by atoms with van der Waals surface area (Å²) in [5.41, 5.74) is 0.0206. The Morgan fingerprint density at radius 1 is 1.24 bits per heavy atom. The van der Waals surface area contributed by atoms with Crippen molar-refractivity contribution in [3.05, 3.63) is 0 Å². The molecule has 0 spiro atoms. The van der Waals surface area contributed by atoms with Gasteiger partial charge in [-0.15, -0.1) is 0 Å². The van der Waals surface area contributed by atoms with Crippen LogP contribution in [0.25, 0.3) is 0 Å². The minimum absolute atomic E-state index is 0.0206. The fourth-order valence-electron chi connectivity index (χ4n) is 2.70. The molecule has 0 aromatic rings. The second kappa shape index (κ2) is 4.84. The molecule has 0 radical (unpaired) electrons. The van der Waals surface area contributed by atoms with Crippen LogP contribution >= 0.6 is 0 Å². The van der Waals surface area contributed by atoms with Crippen molar-refractivity contribution < 1.29 is 9.84 Å². The molecule has 1 atom stereocenters. The number of β-amino-alcohol motifs (C(OH)–C–C–N with tert-alkyl or cyclic N) is 1. The lowest BCUT2D eigenvalue weighted by atomic mass is 9.89. The summed E-state index contributed by atoms with van der Waals surface area (Å²) >= 11 is 0. The fourth-order valence-corrected chi connectivity index (χ4v) is 2.70. The Balaban J connectivity index is 1.96. The Morgan fingerprint density at radius 2 is 1.88 bits per heavy atom. The molecule has 100 valence electrons. The van der Waals surface area contributed by atoms with Crippen molar-refractivity contribution >= 4 is 0 Å². The molecular weight excluding hydrogens is 216 g/mol. The van der Waals surface area contributed by atoms with Crippen molar-refractivity contribution in [2.45, 2.75) is 51.5 Å². The van der Waals surface area contributed by atoms with Crippen molar-refractivity contribution in [3.63, 3.8) is 0 Å². The molecule has 2 saturated heterocycles. The number of aliphatic hydroxyl groups excluding tert-OH is 1. The van der Waals surface area contributed by atoms with E-state index in [1.165, 1.54) is 0 Å². The molecule has 2 rings (SSSR count). The van der Waals surface area contributed by atoms with Crippen molar-refractivity contribution in [1.29, 1.82) is 0 Å². The highest BCUT2D eigenvalue weighted by molar-refractivity contribution is 4.98. The van der Waals surface area contributed by atoms with E-state index in [4.69, 9.17) is 4.74 Å². The van der Waals surface area contributed by atoms with E-state index in [-0.39, 0.29) is 17.7 Å². The SMILES string of the molecule is CC(C)N1CCOC(C(C)(C)N2CC(O)C2)C1. The van der Waals surface area contributed by atoms with Crippen LogP contribution in [0.2, 0.25) is 0 Å². The van der Waals surface area contributed by atoms with Gasteiger partial charge < -0.3 is 9.84 Å². The summed E-state index contributed by atoms with van der Waals surface area (Å²) < 4.78 is 5.95. The number of morpholine rings is 1. The van der Waals surface area contributed by atoms with Crippen LogP contribution in [0.4, 0.5) is 0 Å². The van der Waals surface area contributed by atoms with E-state index < -0.39 is 0 Å². The average Bonchev–Trinajstić information content (AvgIpc) is 2.25. The number of nitrogens with zero attached hydrogens (tertiary/aromatic N) is 2. The third kappa shape index (κ3) is 2.65. The molecule has 0 aromatic carbocycles. The Kier molecular flexibility index (Phi) is 3.78. The zero-order chi connectivity index (χ0) is 12.6. The van der Waals surface area contributed by atoms with E-state index in [9.17, 15) is 5.11 Å². The van der Waals surface area contributed by atoms with E-state index in [0.717, 1.165) is 32.8 Å². The van der Waals surface area contributed by atoms with Crippen LogP contribution in [0, 0.1) is 0 Å². The first-order valence-electron chi connectivity index (χ1n) is 6.70. The molecule has 17 heavy (non-hydrogen) atoms. The summed E-state index contributed by atoms with van der Waals surface area (Å²) in [6.07, 6.45) is 0.102. The first-order valence-corrected chi connectivity index (χ1v) is 6.70. The quantitative estimate of drug-likeness (QED) is 0.784. The van der Waals surface area contributed by atoms with E-state index in [2.05, 4.69) is 37.5 Å². The standard InChI is InChI=1S/C13H26N2O2/c1-10(2)14-5-6-17-12(9-14)13(3,4)15-7-11(16)8-15/h10-12,16H,5-9H2,1-4H3. The van der Waals surface area contributed by atoms with Crippen molar-refractivity contribution in [1.82, 2.24) is 9.80 Å². The summed E-state index contributed by atoms with van der Waals surface area (Å²) in [5.74, 6) is 0. The summed E-state index contributed by atoms with van der Waals surface area (Å²) in [7, 11) is 0. The second-order valence-electron chi connectivity index (χ2n) is 6.16. The zero-order valence-electron chi connectivity index (χ0n) is 11.5. The Labute approximate surface area is 105 Å². The van der Waals surface area contributed by atoms with E-state index in [1.807, 2.05) is 0 Å². The number of ether oxygens (including phenoxy) is 1. The van der Waals surface area contributed by atoms with Gasteiger partial charge in [0.15, 0.2) is 0 Å². The Hall–Kier alpha value is -0.160. The van der Waals surface area contributed by atoms with Gasteiger partial charge in [-0.25, -0.2) is 0 Å². The van der Waals surface area contributed by atoms with Crippen LogP contribution in [-0.2, 0) is 4.74 Å². The molecule has 2 aliphatic rings. The summed E-state index contributed by atoms with van der Waals surface area (Å²) in [4.78, 5) is 4.80. The second-order valence-corrected chi connectivity index (χ2v) is 6.16. The molecule has 0 saturated carbocycles. The topological polar surface area (TPSA) is 35.9 Å². The average molecular weight is 242 g/mol. The van der Waals surface area contributed by atoms with Gasteiger partial charge in [-0.1, -0.05) is 0 Å². The van der Waals surface area contributed by atoms with Gasteiger partial charge in [0.1, 0.15) is 0 Å². The van der Waals surface area contributed by atoms with Gasteiger partial charge >= 0.3 is 0 Å². The maximum Gasteiger partial charge on any atom is 0.0880 e. The smallest absolute Gasteiger partial charge is 0.0880 e. The largest absolute Gasteiger partial charge is 0.390 e. The van der Waals surface area contributed by atoms with E-state index in [0.29, 0.717) is 6.04 Å². The normalized spacial score (nSPS) is 29.6. The molecule has 0 aromatic heterocycles. The van der Waals surface area contributed by atoms with Gasteiger partial charge in [-0.2, -0.15) is 0 Å². The summed E-state index contributed by atoms with van der Waals surface area (Å²) in [5, 5.41) is 9.43. The lowest BCUT2D eigenvalue weighted by Gasteiger charge is -2.52. The van der Waals surface area contributed by atoms with Gasteiger partial charge in [-0.3, -0.25) is 9.80 Å². The first kappa shape index (κ1) is 13.3. The summed E-state index contributed by atoms with van der Waals surface area (Å²) in [6.45, 7) is 13.4. The molecule has 2 aliphatic heterocycles. The van der Waals surface area contributed by atoms with Crippen molar-refractivity contribution in [2.75, 3.05) is 32.8 Å². The molecule has 2 fully saturated rings.